The minimum Gasteiger partial charge on any atom is -0.333 e. The van der Waals surface area contributed by atoms with E-state index in [0.29, 0.717) is 0 Å². The predicted octanol–water partition coefficient (Wildman–Crippen LogP) is 0.895. The highest BCUT2D eigenvalue weighted by molar-refractivity contribution is 7.89. The van der Waals surface area contributed by atoms with Gasteiger partial charge in [-0.3, -0.25) is 15.0 Å². The smallest absolute Gasteiger partial charge is 0.321 e. The number of hydrogen-bond donors (Lipinski definition) is 2. The molecular weight excluding hydrogens is 394 g/mol. The Bertz CT molecular complexity index is 827. The first-order chi connectivity index (χ1) is 12.9. The third-order valence-electron chi connectivity index (χ3n) is 3.96. The third kappa shape index (κ3) is 5.69. The fraction of sp³-hybridized carbons (Fsp3) is 0.529. The number of amides is 3. The van der Waals surface area contributed by atoms with Gasteiger partial charge in [0.15, 0.2) is 4.90 Å². The average Bonchev–Trinajstić information content (AvgIpc) is 2.52. The minimum atomic E-state index is -4.32. The molecule has 2 N–H and O–H groups in total. The zero-order chi connectivity index (χ0) is 21.1. The molecule has 1 saturated heterocycles. The number of benzene rings is 1. The Hall–Kier alpha value is -2.11. The molecule has 0 aliphatic carbocycles. The molecule has 11 heteroatoms. The highest BCUT2D eigenvalue weighted by atomic mass is 32.2. The minimum absolute atomic E-state index is 0.0302. The number of halogens is 2. The quantitative estimate of drug-likeness (QED) is 0.757. The van der Waals surface area contributed by atoms with Crippen LogP contribution in [-0.2, 0) is 14.8 Å². The Balaban J connectivity index is 1.92. The van der Waals surface area contributed by atoms with Gasteiger partial charge in [-0.05, 0) is 32.9 Å². The van der Waals surface area contributed by atoms with Gasteiger partial charge in [-0.1, -0.05) is 6.07 Å². The average molecular weight is 418 g/mol. The van der Waals surface area contributed by atoms with Crippen molar-refractivity contribution in [3.05, 3.63) is 29.8 Å². The van der Waals surface area contributed by atoms with Crippen LogP contribution in [0.15, 0.2) is 23.1 Å². The van der Waals surface area contributed by atoms with E-state index in [-0.39, 0.29) is 32.7 Å². The number of sulfonamides is 1. The molecule has 156 valence electrons. The van der Waals surface area contributed by atoms with Gasteiger partial charge in [-0.25, -0.2) is 22.0 Å². The molecule has 0 radical (unpaired) electrons. The van der Waals surface area contributed by atoms with Crippen LogP contribution in [0, 0.1) is 11.6 Å². The molecule has 0 spiro atoms. The van der Waals surface area contributed by atoms with E-state index in [1.54, 1.807) is 25.7 Å². The summed E-state index contributed by atoms with van der Waals surface area (Å²) in [5, 5.41) is 4.80. The van der Waals surface area contributed by atoms with Crippen molar-refractivity contribution in [1.29, 1.82) is 0 Å². The molecule has 1 aliphatic heterocycles. The number of carbonyl (C=O) groups is 2. The molecule has 3 amide bonds. The number of rotatable bonds is 4. The van der Waals surface area contributed by atoms with Crippen LogP contribution in [0.25, 0.3) is 0 Å². The number of urea groups is 1. The maximum Gasteiger partial charge on any atom is 0.321 e. The summed E-state index contributed by atoms with van der Waals surface area (Å²) in [5.74, 6) is -2.82. The van der Waals surface area contributed by atoms with Crippen LogP contribution in [-0.4, -0.2) is 67.8 Å². The van der Waals surface area contributed by atoms with Crippen LogP contribution >= 0.6 is 0 Å². The van der Waals surface area contributed by atoms with Crippen molar-refractivity contribution < 1.29 is 26.8 Å². The van der Waals surface area contributed by atoms with Crippen molar-refractivity contribution >= 4 is 22.0 Å². The van der Waals surface area contributed by atoms with E-state index in [0.717, 1.165) is 22.5 Å². The topological polar surface area (TPSA) is 98.8 Å². The molecule has 1 fully saturated rings. The van der Waals surface area contributed by atoms with Crippen molar-refractivity contribution in [1.82, 2.24) is 19.8 Å². The molecule has 0 aromatic heterocycles. The summed E-state index contributed by atoms with van der Waals surface area (Å²) in [5.41, 5.74) is -0.494. The normalized spacial score (nSPS) is 16.6. The molecule has 0 saturated carbocycles. The number of piperazine rings is 1. The van der Waals surface area contributed by atoms with Crippen molar-refractivity contribution in [3.63, 3.8) is 0 Å². The molecule has 0 unspecified atom stereocenters. The van der Waals surface area contributed by atoms with Crippen LogP contribution in [0.3, 0.4) is 0 Å². The number of carbonyl (C=O) groups excluding carboxylic acids is 2. The fourth-order valence-electron chi connectivity index (χ4n) is 2.73. The molecule has 1 aliphatic rings. The summed E-state index contributed by atoms with van der Waals surface area (Å²) in [6.45, 7) is 5.53. The summed E-state index contributed by atoms with van der Waals surface area (Å²) >= 11 is 0. The van der Waals surface area contributed by atoms with E-state index in [9.17, 15) is 26.8 Å². The van der Waals surface area contributed by atoms with E-state index in [1.165, 1.54) is 0 Å². The monoisotopic (exact) mass is 418 g/mol. The van der Waals surface area contributed by atoms with Crippen LogP contribution in [0.5, 0.6) is 0 Å². The van der Waals surface area contributed by atoms with Crippen LogP contribution in [0.4, 0.5) is 13.6 Å². The summed E-state index contributed by atoms with van der Waals surface area (Å²) in [6.07, 6.45) is 0. The van der Waals surface area contributed by atoms with Crippen LogP contribution in [0.2, 0.25) is 0 Å². The molecule has 0 atom stereocenters. The molecule has 1 aromatic rings. The first-order valence-electron chi connectivity index (χ1n) is 8.68. The second-order valence-electron chi connectivity index (χ2n) is 7.48. The zero-order valence-corrected chi connectivity index (χ0v) is 16.8. The second-order valence-corrected chi connectivity index (χ2v) is 9.36. The first kappa shape index (κ1) is 22.2. The van der Waals surface area contributed by atoms with Gasteiger partial charge in [0.2, 0.25) is 15.9 Å². The van der Waals surface area contributed by atoms with E-state index < -0.39 is 44.0 Å². The van der Waals surface area contributed by atoms with Crippen molar-refractivity contribution in [3.8, 4) is 0 Å². The van der Waals surface area contributed by atoms with Gasteiger partial charge in [0.25, 0.3) is 0 Å². The van der Waals surface area contributed by atoms with Gasteiger partial charge in [-0.2, -0.15) is 4.31 Å². The van der Waals surface area contributed by atoms with Gasteiger partial charge < -0.3 is 5.32 Å². The number of nitrogens with zero attached hydrogens (tertiary/aromatic N) is 2. The van der Waals surface area contributed by atoms with Crippen molar-refractivity contribution in [2.45, 2.75) is 31.2 Å². The molecule has 0 bridgehead atoms. The number of hydrogen-bond acceptors (Lipinski definition) is 5. The lowest BCUT2D eigenvalue weighted by Gasteiger charge is -2.33. The molecule has 1 aromatic carbocycles. The predicted molar refractivity (Wildman–Crippen MR) is 98.0 cm³/mol. The fourth-order valence-corrected chi connectivity index (χ4v) is 4.26. The molecular formula is C17H24F2N4O4S. The standard InChI is InChI=1S/C17H24F2N4O4S/c1-17(2,3)21-16(25)20-14(24)11-22-7-9-23(10-8-22)28(26,27)15-12(18)5-4-6-13(15)19/h4-6H,7-11H2,1-3H3,(H2,20,21,24,25). The Morgan fingerprint density at radius 3 is 2.11 bits per heavy atom. The van der Waals surface area contributed by atoms with E-state index in [1.807, 2.05) is 0 Å². The van der Waals surface area contributed by atoms with Crippen LogP contribution in [0.1, 0.15) is 20.8 Å². The lowest BCUT2D eigenvalue weighted by atomic mass is 10.1. The molecule has 1 heterocycles. The summed E-state index contributed by atoms with van der Waals surface area (Å²) in [7, 11) is -4.32. The molecule has 28 heavy (non-hydrogen) atoms. The maximum atomic E-state index is 13.8. The van der Waals surface area contributed by atoms with Crippen molar-refractivity contribution in [2.75, 3.05) is 32.7 Å². The van der Waals surface area contributed by atoms with E-state index >= 15 is 0 Å². The lowest BCUT2D eigenvalue weighted by Crippen LogP contribution is -2.53. The summed E-state index contributed by atoms with van der Waals surface area (Å²) < 4.78 is 53.7. The third-order valence-corrected chi connectivity index (χ3v) is 5.91. The zero-order valence-electron chi connectivity index (χ0n) is 16.0. The van der Waals surface area contributed by atoms with E-state index in [2.05, 4.69) is 10.6 Å². The number of imide groups is 1. The Kier molecular flexibility index (Phi) is 6.73. The Morgan fingerprint density at radius 2 is 1.61 bits per heavy atom. The SMILES string of the molecule is CC(C)(C)NC(=O)NC(=O)CN1CCN(S(=O)(=O)c2c(F)cccc2F)CC1. The second kappa shape index (κ2) is 8.50. The Morgan fingerprint density at radius 1 is 1.07 bits per heavy atom. The maximum absolute atomic E-state index is 13.8. The van der Waals surface area contributed by atoms with E-state index in [4.69, 9.17) is 0 Å². The van der Waals surface area contributed by atoms with Gasteiger partial charge in [-0.15, -0.1) is 0 Å². The van der Waals surface area contributed by atoms with Gasteiger partial charge in [0.05, 0.1) is 6.54 Å². The molecule has 2 rings (SSSR count). The van der Waals surface area contributed by atoms with Gasteiger partial charge in [0, 0.05) is 31.7 Å². The first-order valence-corrected chi connectivity index (χ1v) is 10.1. The van der Waals surface area contributed by atoms with Gasteiger partial charge >= 0.3 is 6.03 Å². The van der Waals surface area contributed by atoms with Gasteiger partial charge in [0.1, 0.15) is 11.6 Å². The van der Waals surface area contributed by atoms with Crippen LogP contribution < -0.4 is 10.6 Å². The largest absolute Gasteiger partial charge is 0.333 e. The number of nitrogens with one attached hydrogen (secondary N) is 2. The summed E-state index contributed by atoms with van der Waals surface area (Å²) in [6, 6.07) is 2.25. The van der Waals surface area contributed by atoms with Crippen molar-refractivity contribution in [2.24, 2.45) is 0 Å². The lowest BCUT2D eigenvalue weighted by molar-refractivity contribution is -0.121. The highest BCUT2D eigenvalue weighted by Gasteiger charge is 2.33. The molecule has 8 nitrogen and oxygen atoms in total. The Labute approximate surface area is 162 Å². The summed E-state index contributed by atoms with van der Waals surface area (Å²) in [4.78, 5) is 24.3. The highest BCUT2D eigenvalue weighted by Crippen LogP contribution is 2.23.